The van der Waals surface area contributed by atoms with Crippen LogP contribution in [0.1, 0.15) is 10.4 Å². The highest BCUT2D eigenvalue weighted by molar-refractivity contribution is 5.95. The number of nitro groups is 1. The lowest BCUT2D eigenvalue weighted by atomic mass is 10.1. The number of nitrogens with one attached hydrogen (secondary N) is 1. The van der Waals surface area contributed by atoms with Crippen molar-refractivity contribution in [2.24, 2.45) is 0 Å². The van der Waals surface area contributed by atoms with Crippen molar-refractivity contribution in [3.63, 3.8) is 0 Å². The average Bonchev–Trinajstić information content (AvgIpc) is 2.37. The normalized spacial score (nSPS) is 9.94. The van der Waals surface area contributed by atoms with Crippen molar-refractivity contribution in [3.05, 3.63) is 33.9 Å². The standard InChI is InChI=1S/C11H15N3O4/c1-12-9-7-8(3-4-10(9)14(17)18)11(16)13(2)5-6-15/h3-4,7,12,15H,5-6H2,1-2H3. The Labute approximate surface area is 104 Å². The van der Waals surface area contributed by atoms with Gasteiger partial charge in [-0.15, -0.1) is 0 Å². The Morgan fingerprint density at radius 3 is 2.72 bits per heavy atom. The van der Waals surface area contributed by atoms with Crippen LogP contribution >= 0.6 is 0 Å². The Bertz CT molecular complexity index is 462. The molecule has 2 N–H and O–H groups in total. The van der Waals surface area contributed by atoms with Crippen molar-refractivity contribution in [1.29, 1.82) is 0 Å². The van der Waals surface area contributed by atoms with Gasteiger partial charge in [-0.05, 0) is 12.1 Å². The van der Waals surface area contributed by atoms with Crippen LogP contribution in [0.2, 0.25) is 0 Å². The van der Waals surface area contributed by atoms with Gasteiger partial charge in [-0.1, -0.05) is 0 Å². The number of likely N-dealkylation sites (N-methyl/N-ethyl adjacent to an activating group) is 1. The molecule has 0 fully saturated rings. The molecule has 0 unspecified atom stereocenters. The first-order valence-electron chi connectivity index (χ1n) is 5.33. The third kappa shape index (κ3) is 2.95. The minimum absolute atomic E-state index is 0.0844. The molecule has 0 saturated heterocycles. The molecule has 0 heterocycles. The van der Waals surface area contributed by atoms with E-state index in [1.54, 1.807) is 14.1 Å². The Morgan fingerprint density at radius 2 is 2.22 bits per heavy atom. The summed E-state index contributed by atoms with van der Waals surface area (Å²) in [5, 5.41) is 22.2. The summed E-state index contributed by atoms with van der Waals surface area (Å²) in [7, 11) is 3.10. The lowest BCUT2D eigenvalue weighted by molar-refractivity contribution is -0.383. The molecule has 98 valence electrons. The monoisotopic (exact) mass is 253 g/mol. The molecule has 0 radical (unpaired) electrons. The molecule has 0 aliphatic heterocycles. The van der Waals surface area contributed by atoms with Crippen molar-refractivity contribution in [2.75, 3.05) is 32.6 Å². The van der Waals surface area contributed by atoms with Crippen LogP contribution in [0.25, 0.3) is 0 Å². The number of hydrogen-bond acceptors (Lipinski definition) is 5. The fraction of sp³-hybridized carbons (Fsp3) is 0.364. The van der Waals surface area contributed by atoms with Crippen molar-refractivity contribution in [3.8, 4) is 0 Å². The van der Waals surface area contributed by atoms with Gasteiger partial charge >= 0.3 is 0 Å². The Kier molecular flexibility index (Phi) is 4.61. The maximum Gasteiger partial charge on any atom is 0.292 e. The molecule has 0 saturated carbocycles. The van der Waals surface area contributed by atoms with Crippen LogP contribution < -0.4 is 5.32 Å². The zero-order valence-corrected chi connectivity index (χ0v) is 10.2. The van der Waals surface area contributed by atoms with E-state index >= 15 is 0 Å². The molecular weight excluding hydrogens is 238 g/mol. The predicted octanol–water partition coefficient (Wildman–Crippen LogP) is 0.701. The molecular formula is C11H15N3O4. The lowest BCUT2D eigenvalue weighted by Crippen LogP contribution is -2.29. The summed E-state index contributed by atoms with van der Waals surface area (Å²) in [6.07, 6.45) is 0. The molecule has 0 spiro atoms. The first-order valence-corrected chi connectivity index (χ1v) is 5.33. The van der Waals surface area contributed by atoms with Gasteiger partial charge in [0.15, 0.2) is 0 Å². The number of nitro benzene ring substituents is 1. The van der Waals surface area contributed by atoms with Gasteiger partial charge in [0.05, 0.1) is 11.5 Å². The summed E-state index contributed by atoms with van der Waals surface area (Å²) in [5.74, 6) is -0.296. The molecule has 1 amide bonds. The van der Waals surface area contributed by atoms with Gasteiger partial charge in [-0.3, -0.25) is 14.9 Å². The highest BCUT2D eigenvalue weighted by atomic mass is 16.6. The van der Waals surface area contributed by atoms with Gasteiger partial charge in [-0.2, -0.15) is 0 Å². The van der Waals surface area contributed by atoms with E-state index in [4.69, 9.17) is 5.11 Å². The minimum atomic E-state index is -0.516. The largest absolute Gasteiger partial charge is 0.395 e. The van der Waals surface area contributed by atoms with Crippen LogP contribution in [-0.2, 0) is 0 Å². The highest BCUT2D eigenvalue weighted by Crippen LogP contribution is 2.25. The molecule has 0 bridgehead atoms. The van der Waals surface area contributed by atoms with Crippen molar-refractivity contribution >= 4 is 17.3 Å². The Hall–Kier alpha value is -2.15. The van der Waals surface area contributed by atoms with Crippen LogP contribution in [0, 0.1) is 10.1 Å². The predicted molar refractivity (Wildman–Crippen MR) is 66.7 cm³/mol. The molecule has 1 aromatic rings. The van der Waals surface area contributed by atoms with Crippen LogP contribution in [0.5, 0.6) is 0 Å². The summed E-state index contributed by atoms with van der Waals surface area (Å²) in [6, 6.07) is 4.11. The second kappa shape index (κ2) is 5.97. The Balaban J connectivity index is 3.05. The second-order valence-corrected chi connectivity index (χ2v) is 3.69. The van der Waals surface area contributed by atoms with Crippen LogP contribution in [0.15, 0.2) is 18.2 Å². The minimum Gasteiger partial charge on any atom is -0.395 e. The number of benzene rings is 1. The van der Waals surface area contributed by atoms with E-state index in [-0.39, 0.29) is 30.4 Å². The SMILES string of the molecule is CNc1cc(C(=O)N(C)CCO)ccc1[N+](=O)[O-]. The van der Waals surface area contributed by atoms with Crippen LogP contribution in [0.4, 0.5) is 11.4 Å². The fourth-order valence-corrected chi connectivity index (χ4v) is 1.50. The van der Waals surface area contributed by atoms with Crippen LogP contribution in [-0.4, -0.2) is 48.1 Å². The van der Waals surface area contributed by atoms with Gasteiger partial charge in [0.25, 0.3) is 11.6 Å². The van der Waals surface area contributed by atoms with E-state index in [9.17, 15) is 14.9 Å². The zero-order chi connectivity index (χ0) is 13.7. The van der Waals surface area contributed by atoms with E-state index in [0.29, 0.717) is 5.56 Å². The number of carbonyl (C=O) groups excluding carboxylic acids is 1. The van der Waals surface area contributed by atoms with Gasteiger partial charge in [0.1, 0.15) is 5.69 Å². The first kappa shape index (κ1) is 13.9. The van der Waals surface area contributed by atoms with Crippen molar-refractivity contribution in [2.45, 2.75) is 0 Å². The van der Waals surface area contributed by atoms with E-state index in [1.165, 1.54) is 23.1 Å². The summed E-state index contributed by atoms with van der Waals surface area (Å²) in [5.41, 5.74) is 0.531. The van der Waals surface area contributed by atoms with Gasteiger partial charge in [-0.25, -0.2) is 0 Å². The molecule has 1 rings (SSSR count). The maximum atomic E-state index is 11.9. The molecule has 0 aromatic heterocycles. The number of hydrogen-bond donors (Lipinski definition) is 2. The first-order chi connectivity index (χ1) is 8.51. The number of anilines is 1. The van der Waals surface area contributed by atoms with Gasteiger partial charge in [0.2, 0.25) is 0 Å². The molecule has 18 heavy (non-hydrogen) atoms. The summed E-state index contributed by atoms with van der Waals surface area (Å²) >= 11 is 0. The molecule has 0 aliphatic rings. The summed E-state index contributed by atoms with van der Waals surface area (Å²) in [6.45, 7) is 0.0822. The summed E-state index contributed by atoms with van der Waals surface area (Å²) in [4.78, 5) is 23.5. The smallest absolute Gasteiger partial charge is 0.292 e. The van der Waals surface area contributed by atoms with E-state index in [1.807, 2.05) is 0 Å². The third-order valence-corrected chi connectivity index (χ3v) is 2.49. The van der Waals surface area contributed by atoms with Gasteiger partial charge in [0, 0.05) is 32.3 Å². The summed E-state index contributed by atoms with van der Waals surface area (Å²) < 4.78 is 0. The number of nitrogens with zero attached hydrogens (tertiary/aromatic N) is 2. The third-order valence-electron chi connectivity index (χ3n) is 2.49. The van der Waals surface area contributed by atoms with Crippen molar-refractivity contribution < 1.29 is 14.8 Å². The van der Waals surface area contributed by atoms with Crippen LogP contribution in [0.3, 0.4) is 0 Å². The van der Waals surface area contributed by atoms with E-state index in [2.05, 4.69) is 5.32 Å². The second-order valence-electron chi connectivity index (χ2n) is 3.69. The van der Waals surface area contributed by atoms with E-state index < -0.39 is 4.92 Å². The number of aliphatic hydroxyl groups excluding tert-OH is 1. The highest BCUT2D eigenvalue weighted by Gasteiger charge is 2.17. The molecule has 0 aliphatic carbocycles. The lowest BCUT2D eigenvalue weighted by Gasteiger charge is -2.16. The average molecular weight is 253 g/mol. The van der Waals surface area contributed by atoms with E-state index in [0.717, 1.165) is 0 Å². The topological polar surface area (TPSA) is 95.7 Å². The fourth-order valence-electron chi connectivity index (χ4n) is 1.50. The quantitative estimate of drug-likeness (QED) is 0.595. The van der Waals surface area contributed by atoms with Crippen molar-refractivity contribution in [1.82, 2.24) is 4.90 Å². The van der Waals surface area contributed by atoms with Gasteiger partial charge < -0.3 is 15.3 Å². The number of carbonyl (C=O) groups is 1. The maximum absolute atomic E-state index is 11.9. The molecule has 7 heteroatoms. The Morgan fingerprint density at radius 1 is 1.56 bits per heavy atom. The molecule has 0 atom stereocenters. The molecule has 1 aromatic carbocycles. The molecule has 7 nitrogen and oxygen atoms in total. The number of amides is 1. The zero-order valence-electron chi connectivity index (χ0n) is 10.2. The number of aliphatic hydroxyl groups is 1. The number of rotatable bonds is 5.